The number of pyridine rings is 1. The second-order valence-corrected chi connectivity index (χ2v) is 10.3. The van der Waals surface area contributed by atoms with E-state index in [1.807, 2.05) is 13.0 Å². The predicted molar refractivity (Wildman–Crippen MR) is 129 cm³/mol. The summed E-state index contributed by atoms with van der Waals surface area (Å²) in [4.78, 5) is 13.5. The van der Waals surface area contributed by atoms with Gasteiger partial charge >= 0.3 is 0 Å². The van der Waals surface area contributed by atoms with Crippen molar-refractivity contribution in [3.8, 4) is 11.3 Å². The van der Waals surface area contributed by atoms with Gasteiger partial charge in [-0.05, 0) is 57.7 Å². The molecule has 0 saturated carbocycles. The van der Waals surface area contributed by atoms with Crippen molar-refractivity contribution < 1.29 is 14.9 Å². The van der Waals surface area contributed by atoms with Crippen LogP contribution in [0.25, 0.3) is 22.2 Å². The highest BCUT2D eigenvalue weighted by Gasteiger charge is 2.42. The van der Waals surface area contributed by atoms with Crippen molar-refractivity contribution in [1.82, 2.24) is 15.0 Å². The molecule has 9 heteroatoms. The van der Waals surface area contributed by atoms with E-state index in [0.29, 0.717) is 39.2 Å². The van der Waals surface area contributed by atoms with Crippen LogP contribution in [0.2, 0.25) is 10.0 Å². The fourth-order valence-electron chi connectivity index (χ4n) is 4.93. The highest BCUT2D eigenvalue weighted by Crippen LogP contribution is 2.37. The molecular weight excluding hydrogens is 463 g/mol. The molecule has 2 bridgehead atoms. The number of benzene rings is 1. The standard InChI is InChI=1S/C24H26Cl2N4O3/c1-11-14-6-12(7-16(25)21(14)27-9-15(11)24(2,3)32)20-17(26)10-28-23(30-20)29-18-8-13-4-5-19(33-13)22(18)31/h6-7,9-10,13,18-19,22,31-32H,4-5,8H2,1-3H3,(H,28,29,30)/t13-,18-,19+,22+/m1/s1. The van der Waals surface area contributed by atoms with Gasteiger partial charge in [0.15, 0.2) is 0 Å². The Morgan fingerprint density at radius 2 is 1.91 bits per heavy atom. The number of rotatable bonds is 4. The van der Waals surface area contributed by atoms with Gasteiger partial charge in [-0.1, -0.05) is 23.2 Å². The number of ether oxygens (including phenoxy) is 1. The van der Waals surface area contributed by atoms with E-state index in [-0.39, 0.29) is 18.2 Å². The number of hydrogen-bond acceptors (Lipinski definition) is 7. The quantitative estimate of drug-likeness (QED) is 0.492. The number of aliphatic hydroxyl groups excluding tert-OH is 1. The van der Waals surface area contributed by atoms with E-state index >= 15 is 0 Å². The monoisotopic (exact) mass is 488 g/mol. The number of anilines is 1. The Morgan fingerprint density at radius 1 is 1.12 bits per heavy atom. The normalized spacial score (nSPS) is 24.9. The van der Waals surface area contributed by atoms with Gasteiger partial charge in [0, 0.05) is 22.7 Å². The molecule has 3 N–H and O–H groups in total. The van der Waals surface area contributed by atoms with Crippen LogP contribution in [0.1, 0.15) is 44.2 Å². The van der Waals surface area contributed by atoms with Crippen molar-refractivity contribution in [2.45, 2.75) is 70.0 Å². The molecule has 2 aromatic heterocycles. The Labute approximate surface area is 202 Å². The van der Waals surface area contributed by atoms with Gasteiger partial charge in [0.2, 0.25) is 5.95 Å². The zero-order valence-electron chi connectivity index (χ0n) is 18.6. The summed E-state index contributed by atoms with van der Waals surface area (Å²) in [5, 5.41) is 26.1. The number of hydrogen-bond donors (Lipinski definition) is 3. The summed E-state index contributed by atoms with van der Waals surface area (Å²) in [5.74, 6) is 0.385. The third-order valence-electron chi connectivity index (χ3n) is 6.64. The van der Waals surface area contributed by atoms with E-state index in [1.54, 1.807) is 32.3 Å². The molecule has 4 atom stereocenters. The summed E-state index contributed by atoms with van der Waals surface area (Å²) in [6, 6.07) is 3.52. The first-order chi connectivity index (χ1) is 15.6. The van der Waals surface area contributed by atoms with Crippen LogP contribution in [0.5, 0.6) is 0 Å². The fraction of sp³-hybridized carbons (Fsp3) is 0.458. The summed E-state index contributed by atoms with van der Waals surface area (Å²) in [7, 11) is 0. The topological polar surface area (TPSA) is 100 Å². The van der Waals surface area contributed by atoms with Crippen LogP contribution in [0, 0.1) is 6.92 Å². The molecule has 2 saturated heterocycles. The fourth-order valence-corrected chi connectivity index (χ4v) is 5.40. The first-order valence-corrected chi connectivity index (χ1v) is 11.8. The van der Waals surface area contributed by atoms with Crippen molar-refractivity contribution in [1.29, 1.82) is 0 Å². The van der Waals surface area contributed by atoms with Gasteiger partial charge in [0.25, 0.3) is 0 Å². The van der Waals surface area contributed by atoms with E-state index in [0.717, 1.165) is 29.4 Å². The number of fused-ring (bicyclic) bond motifs is 3. The molecule has 0 amide bonds. The molecule has 2 fully saturated rings. The second-order valence-electron chi connectivity index (χ2n) is 9.45. The minimum absolute atomic E-state index is 0.146. The second kappa shape index (κ2) is 8.32. The first-order valence-electron chi connectivity index (χ1n) is 11.1. The minimum Gasteiger partial charge on any atom is -0.388 e. The summed E-state index contributed by atoms with van der Waals surface area (Å²) in [6.45, 7) is 5.39. The molecule has 174 valence electrons. The number of aromatic nitrogens is 3. The Balaban J connectivity index is 1.53. The van der Waals surface area contributed by atoms with Gasteiger partial charge in [-0.3, -0.25) is 4.98 Å². The zero-order chi connectivity index (χ0) is 23.5. The number of halogens is 2. The Hall–Kier alpha value is -2.03. The lowest BCUT2D eigenvalue weighted by molar-refractivity contribution is -0.0811. The molecular formula is C24H26Cl2N4O3. The van der Waals surface area contributed by atoms with Crippen LogP contribution in [0.3, 0.4) is 0 Å². The highest BCUT2D eigenvalue weighted by atomic mass is 35.5. The van der Waals surface area contributed by atoms with Crippen LogP contribution < -0.4 is 5.32 Å². The van der Waals surface area contributed by atoms with Crippen molar-refractivity contribution in [2.24, 2.45) is 0 Å². The summed E-state index contributed by atoms with van der Waals surface area (Å²) >= 11 is 13.1. The zero-order valence-corrected chi connectivity index (χ0v) is 20.2. The molecule has 3 aromatic rings. The molecule has 33 heavy (non-hydrogen) atoms. The van der Waals surface area contributed by atoms with Crippen molar-refractivity contribution in [3.05, 3.63) is 45.7 Å². The molecule has 7 nitrogen and oxygen atoms in total. The van der Waals surface area contributed by atoms with Gasteiger partial charge in [-0.15, -0.1) is 0 Å². The first kappa shape index (κ1) is 22.7. The number of nitrogens with one attached hydrogen (secondary N) is 1. The lowest BCUT2D eigenvalue weighted by Gasteiger charge is -2.33. The number of aliphatic hydroxyl groups is 2. The summed E-state index contributed by atoms with van der Waals surface area (Å²) in [5.41, 5.74) is 2.46. The van der Waals surface area contributed by atoms with Crippen LogP contribution in [0.15, 0.2) is 24.5 Å². The number of nitrogens with zero attached hydrogens (tertiary/aromatic N) is 3. The van der Waals surface area contributed by atoms with E-state index in [9.17, 15) is 10.2 Å². The minimum atomic E-state index is -1.04. The van der Waals surface area contributed by atoms with E-state index in [2.05, 4.69) is 20.3 Å². The van der Waals surface area contributed by atoms with Crippen molar-refractivity contribution in [2.75, 3.05) is 5.32 Å². The Morgan fingerprint density at radius 3 is 2.67 bits per heavy atom. The van der Waals surface area contributed by atoms with Crippen LogP contribution in [-0.2, 0) is 10.3 Å². The molecule has 0 spiro atoms. The highest BCUT2D eigenvalue weighted by molar-refractivity contribution is 6.36. The maximum atomic E-state index is 10.6. The molecule has 0 radical (unpaired) electrons. The maximum Gasteiger partial charge on any atom is 0.223 e. The molecule has 2 aliphatic heterocycles. The molecule has 1 aromatic carbocycles. The van der Waals surface area contributed by atoms with Crippen LogP contribution >= 0.6 is 23.2 Å². The van der Waals surface area contributed by atoms with Crippen molar-refractivity contribution >= 4 is 40.1 Å². The Kier molecular flexibility index (Phi) is 5.74. The van der Waals surface area contributed by atoms with Crippen LogP contribution in [-0.4, -0.2) is 49.5 Å². The smallest absolute Gasteiger partial charge is 0.223 e. The largest absolute Gasteiger partial charge is 0.388 e. The average molecular weight is 489 g/mol. The Bertz CT molecular complexity index is 1230. The van der Waals surface area contributed by atoms with E-state index in [1.165, 1.54) is 0 Å². The van der Waals surface area contributed by atoms with Gasteiger partial charge in [-0.25, -0.2) is 9.97 Å². The van der Waals surface area contributed by atoms with Gasteiger partial charge in [0.1, 0.15) is 6.10 Å². The van der Waals surface area contributed by atoms with Crippen LogP contribution in [0.4, 0.5) is 5.95 Å². The number of aryl methyl sites for hydroxylation is 1. The lowest BCUT2D eigenvalue weighted by atomic mass is 9.92. The van der Waals surface area contributed by atoms with Gasteiger partial charge < -0.3 is 20.3 Å². The SMILES string of the molecule is Cc1c(C(C)(C)O)cnc2c(Cl)cc(-c3nc(N[C@@H]4C[C@H]5CC[C@H](O5)[C@H]4O)ncc3Cl)cc12. The summed E-state index contributed by atoms with van der Waals surface area (Å²) in [6.07, 6.45) is 5.13. The molecule has 4 heterocycles. The van der Waals surface area contributed by atoms with Gasteiger partial charge in [0.05, 0.1) is 51.3 Å². The third-order valence-corrected chi connectivity index (χ3v) is 7.20. The molecule has 5 rings (SSSR count). The molecule has 0 aliphatic carbocycles. The van der Waals surface area contributed by atoms with Gasteiger partial charge in [-0.2, -0.15) is 0 Å². The maximum absolute atomic E-state index is 10.6. The predicted octanol–water partition coefficient (Wildman–Crippen LogP) is 4.63. The molecule has 0 unspecified atom stereocenters. The van der Waals surface area contributed by atoms with E-state index < -0.39 is 11.7 Å². The average Bonchev–Trinajstić information content (AvgIpc) is 3.16. The van der Waals surface area contributed by atoms with E-state index in [4.69, 9.17) is 27.9 Å². The third kappa shape index (κ3) is 4.17. The summed E-state index contributed by atoms with van der Waals surface area (Å²) < 4.78 is 5.80. The lowest BCUT2D eigenvalue weighted by Crippen LogP contribution is -2.47. The van der Waals surface area contributed by atoms with Crippen molar-refractivity contribution in [3.63, 3.8) is 0 Å². The molecule has 2 aliphatic rings.